The summed E-state index contributed by atoms with van der Waals surface area (Å²) in [5.41, 5.74) is 0.595. The molecule has 1 aromatic carbocycles. The van der Waals surface area contributed by atoms with E-state index in [0.29, 0.717) is 24.9 Å². The van der Waals surface area contributed by atoms with Gasteiger partial charge in [0.25, 0.3) is 0 Å². The molecular formula is C14H16FNO2. The fourth-order valence-corrected chi connectivity index (χ4v) is 2.14. The van der Waals surface area contributed by atoms with Crippen molar-refractivity contribution in [2.45, 2.75) is 32.0 Å². The van der Waals surface area contributed by atoms with Gasteiger partial charge < -0.3 is 4.90 Å². The molecular weight excluding hydrogens is 233 g/mol. The zero-order valence-corrected chi connectivity index (χ0v) is 10.1. The van der Waals surface area contributed by atoms with Gasteiger partial charge in [0.15, 0.2) is 12.1 Å². The first kappa shape index (κ1) is 12.7. The van der Waals surface area contributed by atoms with E-state index >= 15 is 0 Å². The third-order valence-corrected chi connectivity index (χ3v) is 3.15. The number of halogens is 1. The highest BCUT2D eigenvalue weighted by atomic mass is 19.1. The van der Waals surface area contributed by atoms with Gasteiger partial charge in [-0.25, -0.2) is 4.39 Å². The molecule has 1 amide bonds. The van der Waals surface area contributed by atoms with E-state index in [2.05, 4.69) is 0 Å². The maximum Gasteiger partial charge on any atom is 0.224 e. The lowest BCUT2D eigenvalue weighted by Gasteiger charge is -2.20. The van der Waals surface area contributed by atoms with Crippen LogP contribution in [-0.4, -0.2) is 29.4 Å². The number of hydrogen-bond donors (Lipinski definition) is 0. The second-order valence-corrected chi connectivity index (χ2v) is 4.45. The summed E-state index contributed by atoms with van der Waals surface area (Å²) in [4.78, 5) is 24.3. The van der Waals surface area contributed by atoms with Crippen molar-refractivity contribution in [3.8, 4) is 0 Å². The van der Waals surface area contributed by atoms with E-state index < -0.39 is 6.30 Å². The lowest BCUT2D eigenvalue weighted by molar-refractivity contribution is -0.132. The van der Waals surface area contributed by atoms with Gasteiger partial charge in [0.1, 0.15) is 0 Å². The van der Waals surface area contributed by atoms with E-state index in [4.69, 9.17) is 0 Å². The van der Waals surface area contributed by atoms with Gasteiger partial charge in [0.05, 0.1) is 0 Å². The second-order valence-electron chi connectivity index (χ2n) is 4.45. The summed E-state index contributed by atoms with van der Waals surface area (Å²) in [5.74, 6) is -0.223. The van der Waals surface area contributed by atoms with Gasteiger partial charge in [-0.3, -0.25) is 9.59 Å². The molecule has 1 fully saturated rings. The van der Waals surface area contributed by atoms with Crippen LogP contribution in [0.2, 0.25) is 0 Å². The van der Waals surface area contributed by atoms with E-state index in [1.165, 1.54) is 4.90 Å². The first-order valence-electron chi connectivity index (χ1n) is 6.20. The lowest BCUT2D eigenvalue weighted by atomic mass is 10.1. The molecule has 0 aliphatic carbocycles. The van der Waals surface area contributed by atoms with Gasteiger partial charge in [-0.15, -0.1) is 0 Å². The van der Waals surface area contributed by atoms with Crippen LogP contribution in [0.1, 0.15) is 36.0 Å². The van der Waals surface area contributed by atoms with Gasteiger partial charge in [0.2, 0.25) is 5.91 Å². The van der Waals surface area contributed by atoms with Crippen molar-refractivity contribution in [2.75, 3.05) is 6.54 Å². The minimum atomic E-state index is -1.33. The van der Waals surface area contributed by atoms with Crippen LogP contribution in [0.25, 0.3) is 0 Å². The first-order chi connectivity index (χ1) is 8.68. The third-order valence-electron chi connectivity index (χ3n) is 3.15. The van der Waals surface area contributed by atoms with Crippen LogP contribution in [0.3, 0.4) is 0 Å². The van der Waals surface area contributed by atoms with Crippen LogP contribution in [0.5, 0.6) is 0 Å². The molecule has 4 heteroatoms. The highest BCUT2D eigenvalue weighted by Crippen LogP contribution is 2.18. The van der Waals surface area contributed by atoms with Crippen molar-refractivity contribution in [1.82, 2.24) is 4.90 Å². The van der Waals surface area contributed by atoms with Crippen molar-refractivity contribution in [1.29, 1.82) is 0 Å². The number of benzene rings is 1. The molecule has 1 heterocycles. The molecule has 1 aromatic rings. The summed E-state index contributed by atoms with van der Waals surface area (Å²) in [6, 6.07) is 8.83. The monoisotopic (exact) mass is 249 g/mol. The van der Waals surface area contributed by atoms with Crippen molar-refractivity contribution < 1.29 is 14.0 Å². The Labute approximate surface area is 106 Å². The lowest BCUT2D eigenvalue weighted by Crippen LogP contribution is -2.33. The van der Waals surface area contributed by atoms with Crippen LogP contribution in [0.15, 0.2) is 30.3 Å². The number of hydrogen-bond acceptors (Lipinski definition) is 2. The van der Waals surface area contributed by atoms with Crippen molar-refractivity contribution in [3.63, 3.8) is 0 Å². The van der Waals surface area contributed by atoms with Gasteiger partial charge >= 0.3 is 0 Å². The summed E-state index contributed by atoms with van der Waals surface area (Å²) >= 11 is 0. The predicted molar refractivity (Wildman–Crippen MR) is 65.8 cm³/mol. The highest BCUT2D eigenvalue weighted by molar-refractivity contribution is 5.96. The average molecular weight is 249 g/mol. The van der Waals surface area contributed by atoms with E-state index in [-0.39, 0.29) is 24.5 Å². The molecule has 96 valence electrons. The molecule has 0 aromatic heterocycles. The zero-order chi connectivity index (χ0) is 13.0. The van der Waals surface area contributed by atoms with Crippen LogP contribution >= 0.6 is 0 Å². The third kappa shape index (κ3) is 2.94. The second kappa shape index (κ2) is 5.76. The number of nitrogens with zero attached hydrogens (tertiary/aromatic N) is 1. The Morgan fingerprint density at radius 1 is 1.33 bits per heavy atom. The van der Waals surface area contributed by atoms with Crippen molar-refractivity contribution >= 4 is 11.7 Å². The summed E-state index contributed by atoms with van der Waals surface area (Å²) in [6.07, 6.45) is 0.0283. The Morgan fingerprint density at radius 3 is 2.67 bits per heavy atom. The molecule has 0 bridgehead atoms. The molecule has 2 rings (SSSR count). The van der Waals surface area contributed by atoms with Crippen molar-refractivity contribution in [2.24, 2.45) is 0 Å². The van der Waals surface area contributed by atoms with Gasteiger partial charge in [-0.05, 0) is 6.42 Å². The SMILES string of the molecule is O=C(CCC(F)N1CCCC1=O)c1ccccc1. The minimum absolute atomic E-state index is 0.0788. The van der Waals surface area contributed by atoms with Gasteiger partial charge in [0, 0.05) is 31.4 Å². The maximum absolute atomic E-state index is 13.8. The molecule has 18 heavy (non-hydrogen) atoms. The molecule has 1 saturated heterocycles. The molecule has 1 unspecified atom stereocenters. The predicted octanol–water partition coefficient (Wildman–Crippen LogP) is 2.57. The fraction of sp³-hybridized carbons (Fsp3) is 0.429. The standard InChI is InChI=1S/C14H16FNO2/c15-13(16-10-4-7-14(16)18)9-8-12(17)11-5-2-1-3-6-11/h1-3,5-6,13H,4,7-10H2. The minimum Gasteiger partial charge on any atom is -0.312 e. The summed E-state index contributed by atoms with van der Waals surface area (Å²) in [6.45, 7) is 0.472. The Morgan fingerprint density at radius 2 is 2.06 bits per heavy atom. The summed E-state index contributed by atoms with van der Waals surface area (Å²) in [5, 5.41) is 0. The molecule has 3 nitrogen and oxygen atoms in total. The van der Waals surface area contributed by atoms with E-state index in [1.807, 2.05) is 6.07 Å². The first-order valence-corrected chi connectivity index (χ1v) is 6.20. The van der Waals surface area contributed by atoms with E-state index in [1.54, 1.807) is 24.3 Å². The molecule has 0 radical (unpaired) electrons. The number of Topliss-reactive ketones (excluding diaryl/α,β-unsaturated/α-hetero) is 1. The van der Waals surface area contributed by atoms with Crippen LogP contribution < -0.4 is 0 Å². The van der Waals surface area contributed by atoms with E-state index in [9.17, 15) is 14.0 Å². The van der Waals surface area contributed by atoms with Gasteiger partial charge in [-0.1, -0.05) is 30.3 Å². The summed E-state index contributed by atoms with van der Waals surface area (Å²) in [7, 11) is 0. The fourth-order valence-electron chi connectivity index (χ4n) is 2.14. The normalized spacial score (nSPS) is 16.9. The highest BCUT2D eigenvalue weighted by Gasteiger charge is 2.27. The Balaban J connectivity index is 1.84. The maximum atomic E-state index is 13.8. The molecule has 1 aliphatic rings. The Kier molecular flexibility index (Phi) is 4.07. The molecule has 1 atom stereocenters. The largest absolute Gasteiger partial charge is 0.312 e. The number of likely N-dealkylation sites (tertiary alicyclic amines) is 1. The van der Waals surface area contributed by atoms with Crippen LogP contribution in [-0.2, 0) is 4.79 Å². The average Bonchev–Trinajstić information content (AvgIpc) is 2.83. The molecule has 1 aliphatic heterocycles. The number of ketones is 1. The number of carbonyl (C=O) groups is 2. The van der Waals surface area contributed by atoms with Crippen molar-refractivity contribution in [3.05, 3.63) is 35.9 Å². The zero-order valence-electron chi connectivity index (χ0n) is 10.1. The topological polar surface area (TPSA) is 37.4 Å². The number of alkyl halides is 1. The Bertz CT molecular complexity index is 433. The quantitative estimate of drug-likeness (QED) is 0.594. The van der Waals surface area contributed by atoms with Gasteiger partial charge in [-0.2, -0.15) is 0 Å². The summed E-state index contributed by atoms with van der Waals surface area (Å²) < 4.78 is 13.8. The van der Waals surface area contributed by atoms with E-state index in [0.717, 1.165) is 0 Å². The number of rotatable bonds is 5. The number of amides is 1. The molecule has 0 spiro atoms. The number of carbonyl (C=O) groups excluding carboxylic acids is 2. The smallest absolute Gasteiger partial charge is 0.224 e. The molecule has 0 N–H and O–H groups in total. The van der Waals surface area contributed by atoms with Crippen LogP contribution in [0, 0.1) is 0 Å². The Hall–Kier alpha value is -1.71. The van der Waals surface area contributed by atoms with Crippen LogP contribution in [0.4, 0.5) is 4.39 Å². The molecule has 0 saturated carbocycles.